The average molecular weight is 498 g/mol. The quantitative estimate of drug-likeness (QED) is 0.260. The topological polar surface area (TPSA) is 92.0 Å². The van der Waals surface area contributed by atoms with E-state index in [1.807, 2.05) is 54.6 Å². The fourth-order valence-electron chi connectivity index (χ4n) is 5.39. The van der Waals surface area contributed by atoms with E-state index in [2.05, 4.69) is 51.4 Å². The molecule has 1 aliphatic rings. The highest BCUT2D eigenvalue weighted by Crippen LogP contribution is 2.36. The molecule has 2 aromatic heterocycles. The first-order valence-corrected chi connectivity index (χ1v) is 12.7. The largest absolute Gasteiger partial charge is 0.419 e. The van der Waals surface area contributed by atoms with Crippen molar-refractivity contribution in [1.82, 2.24) is 15.1 Å². The van der Waals surface area contributed by atoms with Gasteiger partial charge >= 0.3 is 0 Å². The number of nitrogens with zero attached hydrogens (tertiary/aromatic N) is 5. The molecule has 0 atom stereocenters. The molecule has 38 heavy (non-hydrogen) atoms. The number of hydrogen-bond acceptors (Lipinski definition) is 7. The summed E-state index contributed by atoms with van der Waals surface area (Å²) in [6, 6.07) is 30.7. The Balaban J connectivity index is 1.12. The van der Waals surface area contributed by atoms with Crippen LogP contribution in [0.25, 0.3) is 44.4 Å². The Bertz CT molecular complexity index is 1810. The van der Waals surface area contributed by atoms with Gasteiger partial charge < -0.3 is 13.8 Å². The molecule has 0 unspecified atom stereocenters. The zero-order valence-corrected chi connectivity index (χ0v) is 20.5. The van der Waals surface area contributed by atoms with Crippen LogP contribution >= 0.6 is 0 Å². The van der Waals surface area contributed by atoms with Crippen molar-refractivity contribution in [2.45, 2.75) is 18.8 Å². The Labute approximate surface area is 219 Å². The van der Waals surface area contributed by atoms with Gasteiger partial charge in [0.2, 0.25) is 29.2 Å². The lowest BCUT2D eigenvalue weighted by Gasteiger charge is -2.29. The Morgan fingerprint density at radius 3 is 2.11 bits per heavy atom. The van der Waals surface area contributed by atoms with Gasteiger partial charge in [-0.05, 0) is 40.5 Å². The van der Waals surface area contributed by atoms with Crippen LogP contribution in [0.15, 0.2) is 93.9 Å². The average Bonchev–Trinajstić information content (AvgIpc) is 3.65. The highest BCUT2D eigenvalue weighted by molar-refractivity contribution is 5.95. The molecule has 6 aromatic rings. The first-order chi connectivity index (χ1) is 18.8. The van der Waals surface area contributed by atoms with Crippen molar-refractivity contribution in [1.29, 1.82) is 5.26 Å². The third kappa shape index (κ3) is 3.78. The van der Waals surface area contributed by atoms with Gasteiger partial charge in [0.25, 0.3) is 0 Å². The summed E-state index contributed by atoms with van der Waals surface area (Å²) in [6.07, 6.45) is 1.62. The van der Waals surface area contributed by atoms with Crippen molar-refractivity contribution in [3.8, 4) is 28.9 Å². The molecule has 0 saturated carbocycles. The van der Waals surface area contributed by atoms with Gasteiger partial charge in [-0.25, -0.2) is 0 Å². The lowest BCUT2D eigenvalue weighted by Crippen LogP contribution is -2.33. The molecule has 1 aliphatic heterocycles. The molecule has 1 fully saturated rings. The molecule has 0 amide bonds. The minimum atomic E-state index is 0.147. The number of nitriles is 1. The summed E-state index contributed by atoms with van der Waals surface area (Å²) in [7, 11) is 0. The minimum absolute atomic E-state index is 0.147. The van der Waals surface area contributed by atoms with E-state index in [1.54, 1.807) is 0 Å². The van der Waals surface area contributed by atoms with Crippen LogP contribution in [-0.4, -0.2) is 28.2 Å². The second-order valence-corrected chi connectivity index (χ2v) is 9.56. The van der Waals surface area contributed by atoms with E-state index < -0.39 is 0 Å². The third-order valence-corrected chi connectivity index (χ3v) is 7.34. The van der Waals surface area contributed by atoms with E-state index >= 15 is 0 Å². The molecular formula is C31H23N5O2. The monoisotopic (exact) mass is 497 g/mol. The molecule has 7 rings (SSSR count). The Hall–Kier alpha value is -4.96. The summed E-state index contributed by atoms with van der Waals surface area (Å²) < 4.78 is 12.0. The van der Waals surface area contributed by atoms with Gasteiger partial charge in [0.05, 0.1) is 0 Å². The number of piperidine rings is 1. The Morgan fingerprint density at radius 1 is 0.763 bits per heavy atom. The van der Waals surface area contributed by atoms with Crippen LogP contribution in [0.3, 0.4) is 0 Å². The van der Waals surface area contributed by atoms with Crippen molar-refractivity contribution >= 4 is 27.4 Å². The van der Waals surface area contributed by atoms with E-state index in [4.69, 9.17) is 13.9 Å². The van der Waals surface area contributed by atoms with Crippen LogP contribution in [0.4, 0.5) is 5.88 Å². The second kappa shape index (κ2) is 9.16. The molecule has 3 heterocycles. The van der Waals surface area contributed by atoms with Gasteiger partial charge in [-0.1, -0.05) is 84.0 Å². The highest BCUT2D eigenvalue weighted by atomic mass is 16.5. The molecule has 7 heteroatoms. The maximum atomic E-state index is 9.81. The summed E-state index contributed by atoms with van der Waals surface area (Å²) in [4.78, 5) is 11.4. The fraction of sp³-hybridized carbons (Fsp3) is 0.161. The molecule has 0 aliphatic carbocycles. The summed E-state index contributed by atoms with van der Waals surface area (Å²) in [6.45, 7) is 1.41. The van der Waals surface area contributed by atoms with Crippen molar-refractivity contribution in [2.24, 2.45) is 0 Å². The second-order valence-electron chi connectivity index (χ2n) is 9.56. The van der Waals surface area contributed by atoms with E-state index in [0.29, 0.717) is 42.3 Å². The van der Waals surface area contributed by atoms with Crippen LogP contribution in [0.5, 0.6) is 0 Å². The van der Waals surface area contributed by atoms with Gasteiger partial charge in [-0.3, -0.25) is 0 Å². The number of oxazole rings is 1. The van der Waals surface area contributed by atoms with Crippen molar-refractivity contribution in [3.05, 3.63) is 96.5 Å². The minimum Gasteiger partial charge on any atom is -0.419 e. The normalized spacial score (nSPS) is 14.2. The first kappa shape index (κ1) is 22.3. The molecule has 4 aromatic carbocycles. The standard InChI is InChI=1S/C31H23N5O2/c32-19-27-31(37-30(33-27)26-14-6-10-21-8-2-4-12-24(21)26)36-17-15-22(16-18-36)29-34-28(35-38-29)25-13-5-9-20-7-1-3-11-23(20)25/h1-14,22H,15-18H2. The SMILES string of the molecule is N#Cc1nc(-c2cccc3ccccc23)oc1N1CCC(c2nc(-c3cccc4ccccc34)no2)CC1. The predicted molar refractivity (Wildman–Crippen MR) is 146 cm³/mol. The molecule has 0 bridgehead atoms. The van der Waals surface area contributed by atoms with Crippen LogP contribution in [-0.2, 0) is 0 Å². The number of rotatable bonds is 4. The van der Waals surface area contributed by atoms with Gasteiger partial charge in [0.1, 0.15) is 6.07 Å². The number of benzene rings is 4. The summed E-state index contributed by atoms with van der Waals surface area (Å²) in [5, 5.41) is 18.5. The maximum absolute atomic E-state index is 9.81. The van der Waals surface area contributed by atoms with E-state index in [-0.39, 0.29) is 5.92 Å². The summed E-state index contributed by atoms with van der Waals surface area (Å²) in [5.74, 6) is 2.40. The molecular weight excluding hydrogens is 474 g/mol. The predicted octanol–water partition coefficient (Wildman–Crippen LogP) is 6.95. The van der Waals surface area contributed by atoms with E-state index in [0.717, 1.165) is 45.5 Å². The zero-order valence-electron chi connectivity index (χ0n) is 20.5. The number of fused-ring (bicyclic) bond motifs is 2. The molecule has 184 valence electrons. The van der Waals surface area contributed by atoms with Crippen LogP contribution in [0.1, 0.15) is 30.3 Å². The van der Waals surface area contributed by atoms with Crippen LogP contribution < -0.4 is 4.90 Å². The molecule has 7 nitrogen and oxygen atoms in total. The summed E-state index contributed by atoms with van der Waals surface area (Å²) >= 11 is 0. The molecule has 1 saturated heterocycles. The van der Waals surface area contributed by atoms with E-state index in [9.17, 15) is 5.26 Å². The van der Waals surface area contributed by atoms with Gasteiger partial charge in [-0.15, -0.1) is 0 Å². The summed E-state index contributed by atoms with van der Waals surface area (Å²) in [5.41, 5.74) is 2.16. The van der Waals surface area contributed by atoms with Gasteiger partial charge in [-0.2, -0.15) is 15.2 Å². The zero-order chi connectivity index (χ0) is 25.5. The molecule has 0 spiro atoms. The van der Waals surface area contributed by atoms with Crippen molar-refractivity contribution in [3.63, 3.8) is 0 Å². The lowest BCUT2D eigenvalue weighted by molar-refractivity contribution is 0.327. The smallest absolute Gasteiger partial charge is 0.235 e. The van der Waals surface area contributed by atoms with E-state index in [1.165, 1.54) is 0 Å². The van der Waals surface area contributed by atoms with Gasteiger partial charge in [0, 0.05) is 30.1 Å². The number of aromatic nitrogens is 3. The Morgan fingerprint density at radius 2 is 1.39 bits per heavy atom. The van der Waals surface area contributed by atoms with Gasteiger partial charge in [0.15, 0.2) is 0 Å². The number of anilines is 1. The Kier molecular flexibility index (Phi) is 5.37. The number of hydrogen-bond donors (Lipinski definition) is 0. The fourth-order valence-corrected chi connectivity index (χ4v) is 5.39. The van der Waals surface area contributed by atoms with Crippen molar-refractivity contribution in [2.75, 3.05) is 18.0 Å². The molecule has 0 radical (unpaired) electrons. The van der Waals surface area contributed by atoms with Crippen LogP contribution in [0.2, 0.25) is 0 Å². The van der Waals surface area contributed by atoms with Crippen LogP contribution in [0, 0.1) is 11.3 Å². The van der Waals surface area contributed by atoms with Crippen molar-refractivity contribution < 1.29 is 8.94 Å². The lowest BCUT2D eigenvalue weighted by atomic mass is 9.96. The third-order valence-electron chi connectivity index (χ3n) is 7.34. The molecule has 0 N–H and O–H groups in total. The maximum Gasteiger partial charge on any atom is 0.235 e. The first-order valence-electron chi connectivity index (χ1n) is 12.7. The highest BCUT2D eigenvalue weighted by Gasteiger charge is 2.29.